The first-order chi connectivity index (χ1) is 9.02. The molecule has 19 heavy (non-hydrogen) atoms. The Kier molecular flexibility index (Phi) is 4.71. The van der Waals surface area contributed by atoms with Gasteiger partial charge in [-0.1, -0.05) is 28.1 Å². The van der Waals surface area contributed by atoms with Crippen LogP contribution in [0.25, 0.3) is 0 Å². The van der Waals surface area contributed by atoms with E-state index in [1.807, 2.05) is 0 Å². The fourth-order valence-electron chi connectivity index (χ4n) is 1.93. The zero-order chi connectivity index (χ0) is 14.0. The molecule has 2 rings (SSSR count). The highest BCUT2D eigenvalue weighted by Gasteiger charge is 2.16. The molecule has 0 aliphatic rings. The zero-order valence-electron chi connectivity index (χ0n) is 10.1. The molecule has 0 fully saturated rings. The van der Waals surface area contributed by atoms with Gasteiger partial charge in [-0.15, -0.1) is 0 Å². The molecule has 2 aromatic carbocycles. The first-order valence-corrected chi connectivity index (χ1v) is 7.18. The number of benzene rings is 2. The highest BCUT2D eigenvalue weighted by Crippen LogP contribution is 2.30. The average Bonchev–Trinajstić information content (AvgIpc) is 2.37. The van der Waals surface area contributed by atoms with Gasteiger partial charge in [-0.05, 0) is 58.4 Å². The first-order valence-electron chi connectivity index (χ1n) is 5.60. The van der Waals surface area contributed by atoms with Crippen LogP contribution < -0.4 is 5.32 Å². The molecule has 0 amide bonds. The topological polar surface area (TPSA) is 12.0 Å². The molecule has 0 aliphatic carbocycles. The Bertz CT molecular complexity index is 602. The maximum absolute atomic E-state index is 13.3. The third-order valence-electron chi connectivity index (χ3n) is 2.84. The molecule has 0 aliphatic heterocycles. The molecule has 0 bridgehead atoms. The minimum atomic E-state index is -0.309. The van der Waals surface area contributed by atoms with E-state index >= 15 is 0 Å². The van der Waals surface area contributed by atoms with Crippen LogP contribution in [0.4, 0.5) is 8.78 Å². The van der Waals surface area contributed by atoms with Crippen molar-refractivity contribution in [2.24, 2.45) is 0 Å². The number of hydrogen-bond acceptors (Lipinski definition) is 1. The Morgan fingerprint density at radius 2 is 1.74 bits per heavy atom. The Morgan fingerprint density at radius 1 is 1.00 bits per heavy atom. The summed E-state index contributed by atoms with van der Waals surface area (Å²) in [7, 11) is 1.80. The molecule has 1 nitrogen and oxygen atoms in total. The third kappa shape index (κ3) is 3.22. The number of nitrogens with one attached hydrogen (secondary N) is 1. The molecule has 0 saturated heterocycles. The second kappa shape index (κ2) is 6.11. The lowest BCUT2D eigenvalue weighted by atomic mass is 9.99. The quantitative estimate of drug-likeness (QED) is 0.793. The van der Waals surface area contributed by atoms with Crippen molar-refractivity contribution in [3.63, 3.8) is 0 Å². The molecular formula is C14H11Br2F2N. The maximum Gasteiger partial charge on any atom is 0.137 e. The lowest BCUT2D eigenvalue weighted by Crippen LogP contribution is -2.18. The van der Waals surface area contributed by atoms with Crippen molar-refractivity contribution >= 4 is 31.9 Å². The van der Waals surface area contributed by atoms with E-state index in [1.54, 1.807) is 25.2 Å². The normalized spacial score (nSPS) is 12.5. The summed E-state index contributed by atoms with van der Waals surface area (Å²) in [6.07, 6.45) is 0. The lowest BCUT2D eigenvalue weighted by molar-refractivity contribution is 0.614. The second-order valence-electron chi connectivity index (χ2n) is 4.06. The van der Waals surface area contributed by atoms with Crippen LogP contribution in [0.3, 0.4) is 0 Å². The molecule has 1 unspecified atom stereocenters. The molecule has 0 saturated carbocycles. The van der Waals surface area contributed by atoms with Crippen LogP contribution in [0.5, 0.6) is 0 Å². The summed E-state index contributed by atoms with van der Waals surface area (Å²) in [6.45, 7) is 0. The molecule has 0 heterocycles. The summed E-state index contributed by atoms with van der Waals surface area (Å²) in [4.78, 5) is 0. The number of halogens is 4. The fraction of sp³-hybridized carbons (Fsp3) is 0.143. The predicted octanol–water partition coefficient (Wildman–Crippen LogP) is 4.80. The minimum absolute atomic E-state index is 0.146. The van der Waals surface area contributed by atoms with Crippen LogP contribution in [-0.2, 0) is 0 Å². The number of rotatable bonds is 3. The van der Waals surface area contributed by atoms with Gasteiger partial charge in [0.25, 0.3) is 0 Å². The fourth-order valence-corrected chi connectivity index (χ4v) is 2.91. The van der Waals surface area contributed by atoms with Crippen LogP contribution in [0.15, 0.2) is 45.3 Å². The maximum atomic E-state index is 13.3. The van der Waals surface area contributed by atoms with Gasteiger partial charge in [-0.3, -0.25) is 0 Å². The van der Waals surface area contributed by atoms with Crippen molar-refractivity contribution in [2.45, 2.75) is 6.04 Å². The van der Waals surface area contributed by atoms with E-state index in [2.05, 4.69) is 37.2 Å². The molecule has 100 valence electrons. The standard InChI is InChI=1S/C14H11Br2F2N/c1-19-14(8-2-5-13(18)12(16)6-8)10-4-3-9(17)7-11(10)15/h2-7,14,19H,1H3. The third-order valence-corrected chi connectivity index (χ3v) is 4.13. The van der Waals surface area contributed by atoms with E-state index in [1.165, 1.54) is 18.2 Å². The Balaban J connectivity index is 2.46. The van der Waals surface area contributed by atoms with E-state index in [9.17, 15) is 8.78 Å². The van der Waals surface area contributed by atoms with Gasteiger partial charge in [0.2, 0.25) is 0 Å². The molecule has 0 aromatic heterocycles. The highest BCUT2D eigenvalue weighted by molar-refractivity contribution is 9.10. The van der Waals surface area contributed by atoms with Gasteiger partial charge in [0.15, 0.2) is 0 Å². The summed E-state index contributed by atoms with van der Waals surface area (Å²) in [5, 5.41) is 3.15. The molecule has 1 atom stereocenters. The second-order valence-corrected chi connectivity index (χ2v) is 5.77. The van der Waals surface area contributed by atoms with E-state index in [0.717, 1.165) is 11.1 Å². The SMILES string of the molecule is CNC(c1ccc(F)c(Br)c1)c1ccc(F)cc1Br. The molecular weight excluding hydrogens is 380 g/mol. The minimum Gasteiger partial charge on any atom is -0.309 e. The van der Waals surface area contributed by atoms with Crippen LogP contribution in [0, 0.1) is 11.6 Å². The Morgan fingerprint density at radius 3 is 2.32 bits per heavy atom. The van der Waals surface area contributed by atoms with Crippen molar-refractivity contribution in [3.8, 4) is 0 Å². The van der Waals surface area contributed by atoms with Gasteiger partial charge in [0.1, 0.15) is 11.6 Å². The van der Waals surface area contributed by atoms with Crippen molar-refractivity contribution in [1.29, 1.82) is 0 Å². The summed E-state index contributed by atoms with van der Waals surface area (Å²) < 4.78 is 27.5. The summed E-state index contributed by atoms with van der Waals surface area (Å²) >= 11 is 6.52. The largest absolute Gasteiger partial charge is 0.309 e. The summed E-state index contributed by atoms with van der Waals surface area (Å²) in [5.41, 5.74) is 1.78. The van der Waals surface area contributed by atoms with Gasteiger partial charge < -0.3 is 5.32 Å². The smallest absolute Gasteiger partial charge is 0.137 e. The van der Waals surface area contributed by atoms with Gasteiger partial charge >= 0.3 is 0 Å². The van der Waals surface area contributed by atoms with E-state index in [0.29, 0.717) is 8.95 Å². The monoisotopic (exact) mass is 389 g/mol. The van der Waals surface area contributed by atoms with Gasteiger partial charge in [-0.2, -0.15) is 0 Å². The molecule has 5 heteroatoms. The average molecular weight is 391 g/mol. The molecule has 2 aromatic rings. The van der Waals surface area contributed by atoms with E-state index in [4.69, 9.17) is 0 Å². The lowest BCUT2D eigenvalue weighted by Gasteiger charge is -2.19. The van der Waals surface area contributed by atoms with Crippen molar-refractivity contribution in [2.75, 3.05) is 7.05 Å². The number of hydrogen-bond donors (Lipinski definition) is 1. The van der Waals surface area contributed by atoms with Crippen LogP contribution in [0.1, 0.15) is 17.2 Å². The predicted molar refractivity (Wildman–Crippen MR) is 79.1 cm³/mol. The summed E-state index contributed by atoms with van der Waals surface area (Å²) in [5.74, 6) is -0.609. The van der Waals surface area contributed by atoms with Crippen molar-refractivity contribution in [3.05, 3.63) is 68.1 Å². The molecule has 0 spiro atoms. The van der Waals surface area contributed by atoms with Crippen LogP contribution >= 0.6 is 31.9 Å². The van der Waals surface area contributed by atoms with Gasteiger partial charge in [0, 0.05) is 4.47 Å². The van der Waals surface area contributed by atoms with E-state index < -0.39 is 0 Å². The summed E-state index contributed by atoms with van der Waals surface area (Å²) in [6, 6.07) is 9.20. The van der Waals surface area contributed by atoms with Gasteiger partial charge in [0.05, 0.1) is 10.5 Å². The van der Waals surface area contributed by atoms with Crippen molar-refractivity contribution in [1.82, 2.24) is 5.32 Å². The zero-order valence-corrected chi connectivity index (χ0v) is 13.2. The Hall–Kier alpha value is -0.780. The van der Waals surface area contributed by atoms with Crippen molar-refractivity contribution < 1.29 is 8.78 Å². The van der Waals surface area contributed by atoms with Crippen LogP contribution in [-0.4, -0.2) is 7.05 Å². The van der Waals surface area contributed by atoms with Crippen LogP contribution in [0.2, 0.25) is 0 Å². The molecule has 0 radical (unpaired) electrons. The van der Waals surface area contributed by atoms with E-state index in [-0.39, 0.29) is 17.7 Å². The first kappa shape index (κ1) is 14.6. The highest BCUT2D eigenvalue weighted by atomic mass is 79.9. The Labute approximate surface area is 127 Å². The molecule has 1 N–H and O–H groups in total. The van der Waals surface area contributed by atoms with Gasteiger partial charge in [-0.25, -0.2) is 8.78 Å².